The maximum Gasteiger partial charge on any atom is 0.137 e. The minimum Gasteiger partial charge on any atom is -0.324 e. The summed E-state index contributed by atoms with van der Waals surface area (Å²) in [5.41, 5.74) is 10.7. The number of hydrogen-bond donors (Lipinski definition) is 1. The molecule has 0 radical (unpaired) electrons. The fraction of sp³-hybridized carbons (Fsp3) is 0.250. The molecular formula is C16H17BrFN. The van der Waals surface area contributed by atoms with Crippen molar-refractivity contribution in [2.75, 3.05) is 0 Å². The van der Waals surface area contributed by atoms with E-state index < -0.39 is 0 Å². The van der Waals surface area contributed by atoms with E-state index in [1.54, 1.807) is 6.07 Å². The van der Waals surface area contributed by atoms with E-state index in [4.69, 9.17) is 5.73 Å². The van der Waals surface area contributed by atoms with Gasteiger partial charge in [-0.2, -0.15) is 0 Å². The van der Waals surface area contributed by atoms with Crippen LogP contribution in [0.2, 0.25) is 0 Å². The number of rotatable bonds is 3. The average Bonchev–Trinajstić information content (AvgIpc) is 2.37. The van der Waals surface area contributed by atoms with Gasteiger partial charge in [-0.15, -0.1) is 0 Å². The third kappa shape index (κ3) is 3.43. The van der Waals surface area contributed by atoms with Crippen LogP contribution in [-0.2, 0) is 6.42 Å². The van der Waals surface area contributed by atoms with E-state index >= 15 is 0 Å². The van der Waals surface area contributed by atoms with Gasteiger partial charge in [0, 0.05) is 6.04 Å². The van der Waals surface area contributed by atoms with E-state index in [1.807, 2.05) is 6.07 Å². The summed E-state index contributed by atoms with van der Waals surface area (Å²) < 4.78 is 14.0. The van der Waals surface area contributed by atoms with Crippen molar-refractivity contribution in [2.24, 2.45) is 5.73 Å². The van der Waals surface area contributed by atoms with Crippen molar-refractivity contribution in [3.05, 3.63) is 68.9 Å². The van der Waals surface area contributed by atoms with Gasteiger partial charge in [0.2, 0.25) is 0 Å². The first kappa shape index (κ1) is 14.2. The lowest BCUT2D eigenvalue weighted by molar-refractivity contribution is 0.612. The highest BCUT2D eigenvalue weighted by molar-refractivity contribution is 9.10. The Bertz CT molecular complexity index is 595. The number of hydrogen-bond acceptors (Lipinski definition) is 1. The van der Waals surface area contributed by atoms with Gasteiger partial charge in [-0.25, -0.2) is 4.39 Å². The molecule has 0 amide bonds. The molecule has 0 aliphatic carbocycles. The third-order valence-corrected chi connectivity index (χ3v) is 4.04. The normalized spacial score (nSPS) is 12.5. The van der Waals surface area contributed by atoms with Crippen LogP contribution in [0.5, 0.6) is 0 Å². The molecular weight excluding hydrogens is 305 g/mol. The van der Waals surface area contributed by atoms with Crippen molar-refractivity contribution < 1.29 is 4.39 Å². The average molecular weight is 322 g/mol. The summed E-state index contributed by atoms with van der Waals surface area (Å²) in [7, 11) is 0. The molecule has 0 bridgehead atoms. The summed E-state index contributed by atoms with van der Waals surface area (Å²) in [5.74, 6) is -0.270. The van der Waals surface area contributed by atoms with Crippen molar-refractivity contribution >= 4 is 15.9 Å². The monoisotopic (exact) mass is 321 g/mol. The number of benzene rings is 2. The standard InChI is InChI=1S/C16H17BrFN/c1-10-3-4-12(7-11(10)2)8-16(19)13-5-6-14(17)15(18)9-13/h3-7,9,16H,8,19H2,1-2H3. The number of nitrogens with two attached hydrogens (primary N) is 1. The van der Waals surface area contributed by atoms with E-state index in [1.165, 1.54) is 22.8 Å². The molecule has 100 valence electrons. The number of halogens is 2. The molecule has 1 nitrogen and oxygen atoms in total. The molecule has 0 saturated heterocycles. The minimum absolute atomic E-state index is 0.190. The molecule has 0 aliphatic heterocycles. The van der Waals surface area contributed by atoms with Crippen LogP contribution in [0.4, 0.5) is 4.39 Å². The van der Waals surface area contributed by atoms with Crippen molar-refractivity contribution in [1.82, 2.24) is 0 Å². The minimum atomic E-state index is -0.270. The van der Waals surface area contributed by atoms with Crippen LogP contribution in [0, 0.1) is 19.7 Å². The highest BCUT2D eigenvalue weighted by atomic mass is 79.9. The fourth-order valence-corrected chi connectivity index (χ4v) is 2.29. The maximum atomic E-state index is 13.5. The van der Waals surface area contributed by atoms with Crippen LogP contribution < -0.4 is 5.73 Å². The van der Waals surface area contributed by atoms with E-state index in [2.05, 4.69) is 48.0 Å². The molecule has 2 N–H and O–H groups in total. The second-order valence-electron chi connectivity index (χ2n) is 4.90. The van der Waals surface area contributed by atoms with Gasteiger partial charge in [0.15, 0.2) is 0 Å². The Morgan fingerprint density at radius 2 is 1.84 bits per heavy atom. The van der Waals surface area contributed by atoms with Crippen LogP contribution in [0.3, 0.4) is 0 Å². The lowest BCUT2D eigenvalue weighted by Crippen LogP contribution is -2.13. The van der Waals surface area contributed by atoms with Gasteiger partial charge in [-0.1, -0.05) is 24.3 Å². The Labute approximate surface area is 121 Å². The molecule has 2 rings (SSSR count). The maximum absolute atomic E-state index is 13.5. The Morgan fingerprint density at radius 1 is 1.11 bits per heavy atom. The summed E-state index contributed by atoms with van der Waals surface area (Å²) in [6, 6.07) is 11.2. The lowest BCUT2D eigenvalue weighted by Gasteiger charge is -2.13. The smallest absolute Gasteiger partial charge is 0.137 e. The first-order chi connectivity index (χ1) is 8.97. The van der Waals surface area contributed by atoms with Crippen molar-refractivity contribution in [3.63, 3.8) is 0 Å². The Hall–Kier alpha value is -1.19. The predicted molar refractivity (Wildman–Crippen MR) is 80.6 cm³/mol. The van der Waals surface area contributed by atoms with Crippen LogP contribution in [-0.4, -0.2) is 0 Å². The summed E-state index contributed by atoms with van der Waals surface area (Å²) >= 11 is 3.15. The van der Waals surface area contributed by atoms with Gasteiger partial charge >= 0.3 is 0 Å². The molecule has 0 spiro atoms. The topological polar surface area (TPSA) is 26.0 Å². The van der Waals surface area contributed by atoms with Crippen LogP contribution in [0.15, 0.2) is 40.9 Å². The molecule has 19 heavy (non-hydrogen) atoms. The second-order valence-corrected chi connectivity index (χ2v) is 5.76. The molecule has 0 aliphatic rings. The highest BCUT2D eigenvalue weighted by Crippen LogP contribution is 2.22. The first-order valence-electron chi connectivity index (χ1n) is 6.24. The number of aryl methyl sites for hydroxylation is 2. The summed E-state index contributed by atoms with van der Waals surface area (Å²) in [6.45, 7) is 4.17. The molecule has 0 fully saturated rings. The quantitative estimate of drug-likeness (QED) is 0.888. The SMILES string of the molecule is Cc1ccc(CC(N)c2ccc(Br)c(F)c2)cc1C. The summed E-state index contributed by atoms with van der Waals surface area (Å²) in [5, 5.41) is 0. The Morgan fingerprint density at radius 3 is 2.47 bits per heavy atom. The molecule has 0 heterocycles. The van der Waals surface area contributed by atoms with Crippen LogP contribution >= 0.6 is 15.9 Å². The lowest BCUT2D eigenvalue weighted by atomic mass is 9.97. The zero-order valence-electron chi connectivity index (χ0n) is 11.1. The largest absolute Gasteiger partial charge is 0.324 e. The van der Waals surface area contributed by atoms with E-state index in [9.17, 15) is 4.39 Å². The van der Waals surface area contributed by atoms with Gasteiger partial charge in [0.1, 0.15) is 5.82 Å². The van der Waals surface area contributed by atoms with Crippen molar-refractivity contribution in [1.29, 1.82) is 0 Å². The van der Waals surface area contributed by atoms with Crippen molar-refractivity contribution in [2.45, 2.75) is 26.3 Å². The van der Waals surface area contributed by atoms with Gasteiger partial charge in [-0.05, 0) is 70.6 Å². The second kappa shape index (κ2) is 5.85. The third-order valence-electron chi connectivity index (χ3n) is 3.40. The molecule has 1 unspecified atom stereocenters. The first-order valence-corrected chi connectivity index (χ1v) is 7.03. The molecule has 2 aromatic rings. The van der Waals surface area contributed by atoms with Crippen molar-refractivity contribution in [3.8, 4) is 0 Å². The molecule has 0 aromatic heterocycles. The van der Waals surface area contributed by atoms with Gasteiger partial charge < -0.3 is 5.73 Å². The molecule has 3 heteroatoms. The zero-order valence-corrected chi connectivity index (χ0v) is 12.7. The van der Waals surface area contributed by atoms with Gasteiger partial charge in [0.25, 0.3) is 0 Å². The van der Waals surface area contributed by atoms with Crippen LogP contribution in [0.25, 0.3) is 0 Å². The Balaban J connectivity index is 2.17. The molecule has 0 saturated carbocycles. The van der Waals surface area contributed by atoms with Crippen LogP contribution in [0.1, 0.15) is 28.3 Å². The summed E-state index contributed by atoms with van der Waals surface area (Å²) in [4.78, 5) is 0. The molecule has 1 atom stereocenters. The van der Waals surface area contributed by atoms with E-state index in [0.717, 1.165) is 5.56 Å². The Kier molecular flexibility index (Phi) is 4.38. The predicted octanol–water partition coefficient (Wildman–Crippen LogP) is 4.45. The van der Waals surface area contributed by atoms with E-state index in [-0.39, 0.29) is 11.9 Å². The fourth-order valence-electron chi connectivity index (χ4n) is 2.05. The highest BCUT2D eigenvalue weighted by Gasteiger charge is 2.10. The van der Waals surface area contributed by atoms with E-state index in [0.29, 0.717) is 10.9 Å². The zero-order chi connectivity index (χ0) is 14.0. The van der Waals surface area contributed by atoms with Gasteiger partial charge in [-0.3, -0.25) is 0 Å². The summed E-state index contributed by atoms with van der Waals surface area (Å²) in [6.07, 6.45) is 0.711. The van der Waals surface area contributed by atoms with Gasteiger partial charge in [0.05, 0.1) is 4.47 Å². The molecule has 2 aromatic carbocycles.